The molecule has 2 aliphatic heterocycles. The average molecular weight is 375 g/mol. The average Bonchev–Trinajstić information content (AvgIpc) is 2.68. The summed E-state index contributed by atoms with van der Waals surface area (Å²) in [6, 6.07) is 4.61. The van der Waals surface area contributed by atoms with Crippen molar-refractivity contribution in [2.24, 2.45) is 5.41 Å². The van der Waals surface area contributed by atoms with E-state index < -0.39 is 0 Å². The molecule has 2 saturated heterocycles. The summed E-state index contributed by atoms with van der Waals surface area (Å²) in [5.74, 6) is 0. The number of carbonyl (C=O) groups excluding carboxylic acids is 1. The van der Waals surface area contributed by atoms with Crippen molar-refractivity contribution in [3.63, 3.8) is 0 Å². The summed E-state index contributed by atoms with van der Waals surface area (Å²) in [5, 5.41) is 3.27. The lowest BCUT2D eigenvalue weighted by molar-refractivity contribution is 0.00369. The van der Waals surface area contributed by atoms with Crippen LogP contribution in [0.25, 0.3) is 0 Å². The molecule has 6 heteroatoms. The third kappa shape index (κ3) is 5.91. The lowest BCUT2D eigenvalue weighted by Crippen LogP contribution is -2.52. The first kappa shape index (κ1) is 20.1. The van der Waals surface area contributed by atoms with E-state index in [0.717, 1.165) is 64.2 Å². The van der Waals surface area contributed by atoms with Gasteiger partial charge in [0, 0.05) is 44.6 Å². The van der Waals surface area contributed by atoms with E-state index in [0.29, 0.717) is 6.04 Å². The highest BCUT2D eigenvalue weighted by molar-refractivity contribution is 5.74. The van der Waals surface area contributed by atoms with Crippen LogP contribution in [-0.4, -0.2) is 66.2 Å². The molecule has 0 saturated carbocycles. The molecule has 0 radical (unpaired) electrons. The molecular formula is C21H34N4O2. The number of hydrogen-bond acceptors (Lipinski definition) is 4. The number of morpholine rings is 1. The number of piperidine rings is 1. The molecule has 2 aliphatic rings. The molecule has 2 fully saturated rings. The largest absolute Gasteiger partial charge is 0.379 e. The minimum atomic E-state index is -0.0110. The van der Waals surface area contributed by atoms with Gasteiger partial charge in [-0.05, 0) is 36.3 Å². The van der Waals surface area contributed by atoms with Gasteiger partial charge in [0.1, 0.15) is 0 Å². The second-order valence-electron chi connectivity index (χ2n) is 8.92. The second-order valence-corrected chi connectivity index (χ2v) is 8.92. The fraction of sp³-hybridized carbons (Fsp3) is 0.714. The Morgan fingerprint density at radius 3 is 2.56 bits per heavy atom. The van der Waals surface area contributed by atoms with Crippen molar-refractivity contribution in [2.75, 3.05) is 39.4 Å². The summed E-state index contributed by atoms with van der Waals surface area (Å²) >= 11 is 0. The highest BCUT2D eigenvalue weighted by atomic mass is 16.5. The van der Waals surface area contributed by atoms with Gasteiger partial charge in [-0.25, -0.2) is 4.79 Å². The molecule has 3 rings (SSSR count). The minimum absolute atomic E-state index is 0.0110. The standard InChI is InChI=1S/C21H34N4O2/c1-21(2,3)15-19(17-5-4-8-22-16-17)23-20(26)25-9-6-18(7-10-25)24-11-13-27-14-12-24/h4-5,8,16,18-19H,6-7,9-15H2,1-3H3,(H,23,26). The number of carbonyl (C=O) groups is 1. The molecule has 1 atom stereocenters. The molecule has 1 N–H and O–H groups in total. The Balaban J connectivity index is 1.56. The van der Waals surface area contributed by atoms with E-state index in [4.69, 9.17) is 4.74 Å². The monoisotopic (exact) mass is 374 g/mol. The highest BCUT2D eigenvalue weighted by Gasteiger charge is 2.29. The van der Waals surface area contributed by atoms with Crippen LogP contribution < -0.4 is 5.32 Å². The van der Waals surface area contributed by atoms with E-state index >= 15 is 0 Å². The summed E-state index contributed by atoms with van der Waals surface area (Å²) < 4.78 is 5.45. The third-order valence-electron chi connectivity index (χ3n) is 5.51. The van der Waals surface area contributed by atoms with Gasteiger partial charge in [0.2, 0.25) is 0 Å². The fourth-order valence-corrected chi connectivity index (χ4v) is 4.06. The van der Waals surface area contributed by atoms with Gasteiger partial charge in [-0.3, -0.25) is 9.88 Å². The first-order chi connectivity index (χ1) is 12.9. The topological polar surface area (TPSA) is 57.7 Å². The predicted octanol–water partition coefficient (Wildman–Crippen LogP) is 3.07. The Morgan fingerprint density at radius 1 is 1.26 bits per heavy atom. The first-order valence-corrected chi connectivity index (χ1v) is 10.2. The van der Waals surface area contributed by atoms with E-state index in [-0.39, 0.29) is 17.5 Å². The van der Waals surface area contributed by atoms with Gasteiger partial charge < -0.3 is 15.0 Å². The number of likely N-dealkylation sites (tertiary alicyclic amines) is 1. The second kappa shape index (κ2) is 9.02. The number of urea groups is 1. The molecule has 6 nitrogen and oxygen atoms in total. The minimum Gasteiger partial charge on any atom is -0.379 e. The van der Waals surface area contributed by atoms with E-state index in [1.165, 1.54) is 0 Å². The van der Waals surface area contributed by atoms with Crippen molar-refractivity contribution in [1.29, 1.82) is 0 Å². The van der Waals surface area contributed by atoms with Crippen molar-refractivity contribution in [2.45, 2.75) is 52.1 Å². The number of nitrogens with one attached hydrogen (secondary N) is 1. The van der Waals surface area contributed by atoms with Crippen LogP contribution in [0.1, 0.15) is 51.6 Å². The molecule has 0 aromatic carbocycles. The Bertz CT molecular complexity index is 588. The molecule has 0 bridgehead atoms. The number of aromatic nitrogens is 1. The van der Waals surface area contributed by atoms with Crippen LogP contribution in [0.2, 0.25) is 0 Å². The Kier molecular flexibility index (Phi) is 6.71. The van der Waals surface area contributed by atoms with Crippen LogP contribution in [0, 0.1) is 5.41 Å². The number of nitrogens with zero attached hydrogens (tertiary/aromatic N) is 3. The maximum atomic E-state index is 12.9. The van der Waals surface area contributed by atoms with Gasteiger partial charge in [0.05, 0.1) is 19.3 Å². The number of rotatable bonds is 4. The summed E-state index contributed by atoms with van der Waals surface area (Å²) in [6.45, 7) is 12.0. The summed E-state index contributed by atoms with van der Waals surface area (Å²) in [4.78, 5) is 21.6. The smallest absolute Gasteiger partial charge is 0.317 e. The van der Waals surface area contributed by atoms with Crippen LogP contribution in [0.4, 0.5) is 4.79 Å². The van der Waals surface area contributed by atoms with Gasteiger partial charge in [-0.2, -0.15) is 0 Å². The predicted molar refractivity (Wildman–Crippen MR) is 107 cm³/mol. The van der Waals surface area contributed by atoms with Crippen molar-refractivity contribution in [3.8, 4) is 0 Å². The molecule has 1 unspecified atom stereocenters. The zero-order chi connectivity index (χ0) is 19.3. The normalized spacial score (nSPS) is 21.1. The third-order valence-corrected chi connectivity index (χ3v) is 5.51. The SMILES string of the molecule is CC(C)(C)CC(NC(=O)N1CCC(N2CCOCC2)CC1)c1cccnc1. The lowest BCUT2D eigenvalue weighted by atomic mass is 9.86. The van der Waals surface area contributed by atoms with Crippen molar-refractivity contribution in [1.82, 2.24) is 20.1 Å². The van der Waals surface area contributed by atoms with Crippen LogP contribution in [-0.2, 0) is 4.74 Å². The summed E-state index contributed by atoms with van der Waals surface area (Å²) in [7, 11) is 0. The van der Waals surface area contributed by atoms with E-state index in [1.54, 1.807) is 6.20 Å². The van der Waals surface area contributed by atoms with Gasteiger partial charge in [-0.1, -0.05) is 26.8 Å². The van der Waals surface area contributed by atoms with Crippen molar-refractivity contribution in [3.05, 3.63) is 30.1 Å². The zero-order valence-electron chi connectivity index (χ0n) is 17.0. The number of pyridine rings is 1. The molecule has 1 aromatic rings. The molecular weight excluding hydrogens is 340 g/mol. The van der Waals surface area contributed by atoms with Gasteiger partial charge in [-0.15, -0.1) is 0 Å². The quantitative estimate of drug-likeness (QED) is 0.880. The Labute approximate surface area is 163 Å². The maximum absolute atomic E-state index is 12.9. The molecule has 150 valence electrons. The Hall–Kier alpha value is -1.66. The first-order valence-electron chi connectivity index (χ1n) is 10.2. The zero-order valence-corrected chi connectivity index (χ0v) is 17.0. The molecule has 2 amide bonds. The van der Waals surface area contributed by atoms with Crippen molar-refractivity contribution >= 4 is 6.03 Å². The molecule has 0 aliphatic carbocycles. The molecule has 0 spiro atoms. The van der Waals surface area contributed by atoms with Crippen LogP contribution in [0.5, 0.6) is 0 Å². The van der Waals surface area contributed by atoms with Crippen LogP contribution in [0.3, 0.4) is 0 Å². The van der Waals surface area contributed by atoms with Crippen LogP contribution in [0.15, 0.2) is 24.5 Å². The molecule has 3 heterocycles. The number of amides is 2. The van der Waals surface area contributed by atoms with Crippen molar-refractivity contribution < 1.29 is 9.53 Å². The number of hydrogen-bond donors (Lipinski definition) is 1. The number of ether oxygens (including phenoxy) is 1. The lowest BCUT2D eigenvalue weighted by Gasteiger charge is -2.40. The fourth-order valence-electron chi connectivity index (χ4n) is 4.06. The van der Waals surface area contributed by atoms with Gasteiger partial charge in [0.25, 0.3) is 0 Å². The van der Waals surface area contributed by atoms with E-state index in [1.807, 2.05) is 23.2 Å². The Morgan fingerprint density at radius 2 is 1.96 bits per heavy atom. The van der Waals surface area contributed by atoms with E-state index in [2.05, 4.69) is 36.0 Å². The van der Waals surface area contributed by atoms with Gasteiger partial charge in [0.15, 0.2) is 0 Å². The van der Waals surface area contributed by atoms with Gasteiger partial charge >= 0.3 is 6.03 Å². The summed E-state index contributed by atoms with van der Waals surface area (Å²) in [5.41, 5.74) is 1.20. The molecule has 27 heavy (non-hydrogen) atoms. The van der Waals surface area contributed by atoms with Crippen LogP contribution >= 0.6 is 0 Å². The van der Waals surface area contributed by atoms with E-state index in [9.17, 15) is 4.79 Å². The highest BCUT2D eigenvalue weighted by Crippen LogP contribution is 2.29. The maximum Gasteiger partial charge on any atom is 0.317 e. The molecule has 1 aromatic heterocycles. The summed E-state index contributed by atoms with van der Waals surface area (Å²) in [6.07, 6.45) is 6.61.